The maximum Gasteiger partial charge on any atom is 0.254 e. The Labute approximate surface area is 137 Å². The molecule has 0 fully saturated rings. The first-order chi connectivity index (χ1) is 10.6. The summed E-state index contributed by atoms with van der Waals surface area (Å²) in [5, 5.41) is 5.81. The van der Waals surface area contributed by atoms with Crippen LogP contribution in [0, 0.1) is 6.92 Å². The number of ether oxygens (including phenoxy) is 1. The molecule has 0 aliphatic rings. The quantitative estimate of drug-likeness (QED) is 0.770. The average molecular weight is 365 g/mol. The van der Waals surface area contributed by atoms with Gasteiger partial charge in [0.2, 0.25) is 5.95 Å². The Morgan fingerprint density at radius 1 is 1.32 bits per heavy atom. The van der Waals surface area contributed by atoms with Crippen molar-refractivity contribution in [3.05, 3.63) is 46.2 Å². The van der Waals surface area contributed by atoms with Gasteiger partial charge in [-0.25, -0.2) is 9.97 Å². The van der Waals surface area contributed by atoms with Gasteiger partial charge in [-0.2, -0.15) is 0 Å². The van der Waals surface area contributed by atoms with E-state index >= 15 is 0 Å². The van der Waals surface area contributed by atoms with Crippen molar-refractivity contribution < 1.29 is 9.53 Å². The average Bonchev–Trinajstić information content (AvgIpc) is 2.52. The van der Waals surface area contributed by atoms with Gasteiger partial charge >= 0.3 is 0 Å². The van der Waals surface area contributed by atoms with Gasteiger partial charge in [0.15, 0.2) is 0 Å². The molecule has 6 nitrogen and oxygen atoms in total. The van der Waals surface area contributed by atoms with Crippen LogP contribution in [0.25, 0.3) is 0 Å². The van der Waals surface area contributed by atoms with Crippen molar-refractivity contribution in [2.45, 2.75) is 6.92 Å². The van der Waals surface area contributed by atoms with Gasteiger partial charge in [-0.15, -0.1) is 0 Å². The summed E-state index contributed by atoms with van der Waals surface area (Å²) < 4.78 is 5.92. The highest BCUT2D eigenvalue weighted by molar-refractivity contribution is 9.10. The number of methoxy groups -OCH3 is 1. The number of nitrogens with zero attached hydrogens (tertiary/aromatic N) is 2. The standard InChI is InChI=1S/C15H17BrN4O2/c1-10-7-12(3-4-13(10)16)20-15-18-8-11(9-19-15)14(21)17-5-6-22-2/h3-4,7-9H,5-6H2,1-2H3,(H,17,21)(H,18,19,20). The molecule has 1 aromatic heterocycles. The number of halogens is 1. The molecule has 7 heteroatoms. The summed E-state index contributed by atoms with van der Waals surface area (Å²) in [5.41, 5.74) is 2.41. The van der Waals surface area contributed by atoms with Crippen LogP contribution in [0.15, 0.2) is 35.1 Å². The van der Waals surface area contributed by atoms with Crippen LogP contribution in [0.4, 0.5) is 11.6 Å². The van der Waals surface area contributed by atoms with Crippen LogP contribution < -0.4 is 10.6 Å². The van der Waals surface area contributed by atoms with E-state index in [2.05, 4.69) is 36.5 Å². The third-order valence-corrected chi connectivity index (χ3v) is 3.81. The number of benzene rings is 1. The first-order valence-corrected chi connectivity index (χ1v) is 7.52. The Morgan fingerprint density at radius 2 is 2.05 bits per heavy atom. The smallest absolute Gasteiger partial charge is 0.254 e. The van der Waals surface area contributed by atoms with Crippen LogP contribution >= 0.6 is 15.9 Å². The van der Waals surface area contributed by atoms with Crippen LogP contribution in [0.3, 0.4) is 0 Å². The number of nitrogens with one attached hydrogen (secondary N) is 2. The minimum absolute atomic E-state index is 0.219. The minimum atomic E-state index is -0.219. The molecule has 0 unspecified atom stereocenters. The number of rotatable bonds is 6. The van der Waals surface area contributed by atoms with Gasteiger partial charge < -0.3 is 15.4 Å². The van der Waals surface area contributed by atoms with Crippen molar-refractivity contribution in [2.24, 2.45) is 0 Å². The second kappa shape index (κ2) is 7.86. The first kappa shape index (κ1) is 16.4. The normalized spacial score (nSPS) is 10.3. The van der Waals surface area contributed by atoms with Gasteiger partial charge in [0.25, 0.3) is 5.91 Å². The molecule has 0 aliphatic heterocycles. The number of anilines is 2. The topological polar surface area (TPSA) is 76.1 Å². The number of aryl methyl sites for hydroxylation is 1. The second-order valence-corrected chi connectivity index (χ2v) is 5.49. The van der Waals surface area contributed by atoms with Gasteiger partial charge in [-0.1, -0.05) is 15.9 Å². The van der Waals surface area contributed by atoms with Crippen LogP contribution in [0.1, 0.15) is 15.9 Å². The first-order valence-electron chi connectivity index (χ1n) is 6.72. The van der Waals surface area contributed by atoms with Crippen molar-refractivity contribution in [3.8, 4) is 0 Å². The van der Waals surface area contributed by atoms with E-state index in [1.165, 1.54) is 12.4 Å². The highest BCUT2D eigenvalue weighted by Crippen LogP contribution is 2.21. The Hall–Kier alpha value is -1.99. The lowest BCUT2D eigenvalue weighted by Crippen LogP contribution is -2.27. The van der Waals surface area contributed by atoms with Crippen molar-refractivity contribution in [2.75, 3.05) is 25.6 Å². The molecule has 0 saturated heterocycles. The largest absolute Gasteiger partial charge is 0.383 e. The fourth-order valence-corrected chi connectivity index (χ4v) is 1.98. The summed E-state index contributed by atoms with van der Waals surface area (Å²) in [6.07, 6.45) is 2.98. The molecule has 1 aromatic carbocycles. The van der Waals surface area contributed by atoms with Gasteiger partial charge in [0, 0.05) is 36.2 Å². The molecule has 0 atom stereocenters. The van der Waals surface area contributed by atoms with Gasteiger partial charge in [0.05, 0.1) is 12.2 Å². The summed E-state index contributed by atoms with van der Waals surface area (Å²) >= 11 is 3.45. The third-order valence-electron chi connectivity index (χ3n) is 2.92. The van der Waals surface area contributed by atoms with Crippen LogP contribution in [-0.4, -0.2) is 36.1 Å². The van der Waals surface area contributed by atoms with E-state index < -0.39 is 0 Å². The fourth-order valence-electron chi connectivity index (χ4n) is 1.73. The highest BCUT2D eigenvalue weighted by Gasteiger charge is 2.07. The van der Waals surface area contributed by atoms with E-state index in [1.54, 1.807) is 7.11 Å². The Kier molecular flexibility index (Phi) is 5.85. The highest BCUT2D eigenvalue weighted by atomic mass is 79.9. The van der Waals surface area contributed by atoms with Crippen molar-refractivity contribution >= 4 is 33.5 Å². The second-order valence-electron chi connectivity index (χ2n) is 4.63. The van der Waals surface area contributed by atoms with E-state index in [0.717, 1.165) is 15.7 Å². The lowest BCUT2D eigenvalue weighted by molar-refractivity contribution is 0.0936. The number of hydrogen-bond acceptors (Lipinski definition) is 5. The van der Waals surface area contributed by atoms with Crippen LogP contribution in [0.5, 0.6) is 0 Å². The minimum Gasteiger partial charge on any atom is -0.383 e. The number of amides is 1. The zero-order valence-electron chi connectivity index (χ0n) is 12.4. The monoisotopic (exact) mass is 364 g/mol. The lowest BCUT2D eigenvalue weighted by Gasteiger charge is -2.07. The molecule has 22 heavy (non-hydrogen) atoms. The van der Waals surface area contributed by atoms with Gasteiger partial charge in [-0.05, 0) is 30.7 Å². The third kappa shape index (κ3) is 4.51. The Morgan fingerprint density at radius 3 is 2.68 bits per heavy atom. The zero-order chi connectivity index (χ0) is 15.9. The summed E-state index contributed by atoms with van der Waals surface area (Å²) in [6.45, 7) is 2.92. The van der Waals surface area contributed by atoms with E-state index in [9.17, 15) is 4.79 Å². The summed E-state index contributed by atoms with van der Waals surface area (Å²) in [5.74, 6) is 0.221. The van der Waals surface area contributed by atoms with Crippen LogP contribution in [-0.2, 0) is 4.74 Å². The van der Waals surface area contributed by atoms with E-state index in [-0.39, 0.29) is 5.91 Å². The molecular weight excluding hydrogens is 348 g/mol. The number of carbonyl (C=O) groups excluding carboxylic acids is 1. The van der Waals surface area contributed by atoms with E-state index in [4.69, 9.17) is 4.74 Å². The predicted molar refractivity (Wildman–Crippen MR) is 88.4 cm³/mol. The molecule has 1 amide bonds. The molecule has 0 radical (unpaired) electrons. The summed E-state index contributed by atoms with van der Waals surface area (Å²) in [4.78, 5) is 20.1. The van der Waals surface area contributed by atoms with Crippen molar-refractivity contribution in [3.63, 3.8) is 0 Å². The maximum absolute atomic E-state index is 11.8. The molecule has 2 rings (SSSR count). The summed E-state index contributed by atoms with van der Waals surface area (Å²) in [6, 6.07) is 5.86. The number of carbonyl (C=O) groups is 1. The molecule has 0 spiro atoms. The molecule has 0 bridgehead atoms. The van der Waals surface area contributed by atoms with Crippen molar-refractivity contribution in [1.82, 2.24) is 15.3 Å². The lowest BCUT2D eigenvalue weighted by atomic mass is 10.2. The molecular formula is C15H17BrN4O2. The predicted octanol–water partition coefficient (Wildman–Crippen LogP) is 2.67. The molecule has 0 aliphatic carbocycles. The molecule has 1 heterocycles. The zero-order valence-corrected chi connectivity index (χ0v) is 14.0. The van der Waals surface area contributed by atoms with Crippen molar-refractivity contribution in [1.29, 1.82) is 0 Å². The fraction of sp³-hybridized carbons (Fsp3) is 0.267. The molecule has 0 saturated carbocycles. The van der Waals surface area contributed by atoms with Gasteiger partial charge in [0.1, 0.15) is 0 Å². The molecule has 2 N–H and O–H groups in total. The van der Waals surface area contributed by atoms with E-state index in [0.29, 0.717) is 24.7 Å². The maximum atomic E-state index is 11.8. The molecule has 2 aromatic rings. The Balaban J connectivity index is 1.99. The summed E-state index contributed by atoms with van der Waals surface area (Å²) in [7, 11) is 1.58. The van der Waals surface area contributed by atoms with Gasteiger partial charge in [-0.3, -0.25) is 4.79 Å². The SMILES string of the molecule is COCCNC(=O)c1cnc(Nc2ccc(Br)c(C)c2)nc1. The van der Waals surface area contributed by atoms with E-state index in [1.807, 2.05) is 25.1 Å². The van der Waals surface area contributed by atoms with Crippen LogP contribution in [0.2, 0.25) is 0 Å². The Bertz CT molecular complexity index is 646. The number of aromatic nitrogens is 2. The molecule has 116 valence electrons. The number of hydrogen-bond donors (Lipinski definition) is 2.